The van der Waals surface area contributed by atoms with Crippen LogP contribution in [0.1, 0.15) is 48.6 Å². The second-order valence-electron chi connectivity index (χ2n) is 9.93. The number of aromatic nitrogens is 2. The molecule has 1 aliphatic heterocycles. The van der Waals surface area contributed by atoms with Gasteiger partial charge in [0.25, 0.3) is 5.69 Å². The highest BCUT2D eigenvalue weighted by Crippen LogP contribution is 2.44. The first-order valence-electron chi connectivity index (χ1n) is 13.0. The maximum Gasteiger partial charge on any atom is 0.296 e. The minimum absolute atomic E-state index is 0.0355. The number of hydrogen-bond donors (Lipinski definition) is 1. The third-order valence-electron chi connectivity index (χ3n) is 6.99. The van der Waals surface area contributed by atoms with Crippen molar-refractivity contribution in [3.63, 3.8) is 0 Å². The predicted octanol–water partition coefficient (Wildman–Crippen LogP) is 6.37. The van der Waals surface area contributed by atoms with Crippen LogP contribution < -0.4 is 19.7 Å². The number of nitro benzene ring substituents is 1. The monoisotopic (exact) mass is 557 g/mol. The van der Waals surface area contributed by atoms with E-state index in [-0.39, 0.29) is 28.8 Å². The summed E-state index contributed by atoms with van der Waals surface area (Å²) in [7, 11) is 1.49. The van der Waals surface area contributed by atoms with E-state index in [4.69, 9.17) is 21.7 Å². The molecule has 0 saturated carbocycles. The van der Waals surface area contributed by atoms with E-state index >= 15 is 0 Å². The lowest BCUT2D eigenvalue weighted by atomic mass is 9.96. The molecule has 0 bridgehead atoms. The average Bonchev–Trinajstić information content (AvgIpc) is 3.43. The molecule has 206 valence electrons. The number of aryl methyl sites for hydroxylation is 1. The Kier molecular flexibility index (Phi) is 7.44. The van der Waals surface area contributed by atoms with Crippen molar-refractivity contribution in [1.82, 2.24) is 14.9 Å². The Morgan fingerprint density at radius 1 is 1.05 bits per heavy atom. The van der Waals surface area contributed by atoms with Crippen molar-refractivity contribution in [2.24, 2.45) is 0 Å². The molecule has 0 unspecified atom stereocenters. The fourth-order valence-electron chi connectivity index (χ4n) is 5.33. The molecule has 4 aromatic rings. The summed E-state index contributed by atoms with van der Waals surface area (Å²) < 4.78 is 13.0. The maximum absolute atomic E-state index is 12.0. The van der Waals surface area contributed by atoms with Crippen LogP contribution in [0.5, 0.6) is 11.5 Å². The summed E-state index contributed by atoms with van der Waals surface area (Å²) in [5.41, 5.74) is 4.89. The molecule has 2 aromatic carbocycles. The van der Waals surface area contributed by atoms with Crippen LogP contribution >= 0.6 is 12.2 Å². The Bertz CT molecular complexity index is 1550. The molecule has 1 saturated heterocycles. The molecule has 5 rings (SSSR count). The summed E-state index contributed by atoms with van der Waals surface area (Å²) in [5, 5.41) is 16.1. The predicted molar refractivity (Wildman–Crippen MR) is 159 cm³/mol. The number of benzene rings is 2. The summed E-state index contributed by atoms with van der Waals surface area (Å²) in [5.74, 6) is 1.20. The van der Waals surface area contributed by atoms with Crippen LogP contribution in [-0.4, -0.2) is 32.8 Å². The van der Waals surface area contributed by atoms with Gasteiger partial charge >= 0.3 is 0 Å². The lowest BCUT2D eigenvalue weighted by Crippen LogP contribution is -2.29. The topological polar surface area (TPSA) is 94.7 Å². The molecular formula is C30H31N5O4S. The third-order valence-corrected chi connectivity index (χ3v) is 7.31. The van der Waals surface area contributed by atoms with E-state index in [9.17, 15) is 10.1 Å². The molecule has 2 atom stereocenters. The van der Waals surface area contributed by atoms with Crippen LogP contribution in [0.3, 0.4) is 0 Å². The van der Waals surface area contributed by atoms with Gasteiger partial charge in [0.15, 0.2) is 5.11 Å². The molecule has 1 N–H and O–H groups in total. The number of nitrogens with zero attached hydrogens (tertiary/aromatic N) is 4. The number of nitrogens with one attached hydrogen (secondary N) is 1. The highest BCUT2D eigenvalue weighted by atomic mass is 32.1. The van der Waals surface area contributed by atoms with Gasteiger partial charge in [0.1, 0.15) is 17.2 Å². The second-order valence-corrected chi connectivity index (χ2v) is 10.3. The maximum atomic E-state index is 12.0. The van der Waals surface area contributed by atoms with E-state index in [1.807, 2.05) is 74.7 Å². The number of methoxy groups -OCH3 is 1. The highest BCUT2D eigenvalue weighted by Gasteiger charge is 2.42. The molecule has 10 heteroatoms. The van der Waals surface area contributed by atoms with Crippen molar-refractivity contribution in [1.29, 1.82) is 0 Å². The SMILES string of the molecule is COc1ccc(-n2c(C)cc([C@@H]3[C@H](c4ccccn4)NC(=S)N3c3ccc(OC(C)C)cc3)c2C)c([N+](=O)[O-])c1. The number of rotatable bonds is 8. The highest BCUT2D eigenvalue weighted by molar-refractivity contribution is 7.80. The van der Waals surface area contributed by atoms with Gasteiger partial charge in [-0.2, -0.15) is 0 Å². The van der Waals surface area contributed by atoms with Gasteiger partial charge < -0.3 is 24.3 Å². The molecule has 1 fully saturated rings. The standard InChI is InChI=1S/C30H31N5O4S/c1-18(2)39-22-11-9-21(10-12-22)34-29(28(32-30(34)40)25-8-6-7-15-31-25)24-16-19(3)33(20(24)4)26-14-13-23(38-5)17-27(26)35(36)37/h6-18,28-29H,1-5H3,(H,32,40)/t28-,29+/m0/s1. The van der Waals surface area contributed by atoms with Crippen molar-refractivity contribution in [2.45, 2.75) is 45.9 Å². The van der Waals surface area contributed by atoms with Crippen LogP contribution in [0.25, 0.3) is 5.69 Å². The summed E-state index contributed by atoms with van der Waals surface area (Å²) in [6, 6.07) is 20.1. The Morgan fingerprint density at radius 2 is 1.77 bits per heavy atom. The van der Waals surface area contributed by atoms with Gasteiger partial charge in [0.2, 0.25) is 0 Å². The van der Waals surface area contributed by atoms with Gasteiger partial charge in [-0.3, -0.25) is 15.1 Å². The molecule has 0 aliphatic carbocycles. The molecule has 0 amide bonds. The lowest BCUT2D eigenvalue weighted by molar-refractivity contribution is -0.384. The second kappa shape index (κ2) is 11.0. The molecular weight excluding hydrogens is 526 g/mol. The van der Waals surface area contributed by atoms with Gasteiger partial charge in [0.05, 0.1) is 42.0 Å². The van der Waals surface area contributed by atoms with Crippen LogP contribution in [0.15, 0.2) is 72.9 Å². The zero-order valence-corrected chi connectivity index (χ0v) is 23.8. The van der Waals surface area contributed by atoms with E-state index in [0.29, 0.717) is 16.5 Å². The fraction of sp³-hybridized carbons (Fsp3) is 0.267. The Balaban J connectivity index is 1.65. The molecule has 2 aromatic heterocycles. The van der Waals surface area contributed by atoms with Crippen molar-refractivity contribution < 1.29 is 14.4 Å². The number of pyridine rings is 1. The van der Waals surface area contributed by atoms with Crippen LogP contribution in [0.2, 0.25) is 0 Å². The lowest BCUT2D eigenvalue weighted by Gasteiger charge is -2.28. The van der Waals surface area contributed by atoms with Crippen LogP contribution in [-0.2, 0) is 0 Å². The fourth-order valence-corrected chi connectivity index (χ4v) is 5.68. The number of anilines is 1. The van der Waals surface area contributed by atoms with Crippen molar-refractivity contribution in [3.8, 4) is 17.2 Å². The normalized spacial score (nSPS) is 16.8. The number of hydrogen-bond acceptors (Lipinski definition) is 6. The van der Waals surface area contributed by atoms with Crippen molar-refractivity contribution in [3.05, 3.63) is 106 Å². The molecule has 3 heterocycles. The largest absolute Gasteiger partial charge is 0.496 e. The van der Waals surface area contributed by atoms with Crippen LogP contribution in [0, 0.1) is 24.0 Å². The first-order chi connectivity index (χ1) is 19.2. The summed E-state index contributed by atoms with van der Waals surface area (Å²) in [4.78, 5) is 18.4. The van der Waals surface area contributed by atoms with E-state index < -0.39 is 0 Å². The zero-order chi connectivity index (χ0) is 28.6. The number of thiocarbonyl (C=S) groups is 1. The molecule has 40 heavy (non-hydrogen) atoms. The quantitative estimate of drug-likeness (QED) is 0.152. The van der Waals surface area contributed by atoms with Crippen LogP contribution in [0.4, 0.5) is 11.4 Å². The summed E-state index contributed by atoms with van der Waals surface area (Å²) in [6.45, 7) is 7.90. The first-order valence-corrected chi connectivity index (χ1v) is 13.4. The molecule has 9 nitrogen and oxygen atoms in total. The van der Waals surface area contributed by atoms with Gasteiger partial charge in [-0.1, -0.05) is 6.07 Å². The van der Waals surface area contributed by atoms with Crippen molar-refractivity contribution in [2.75, 3.05) is 12.0 Å². The summed E-state index contributed by atoms with van der Waals surface area (Å²) in [6.07, 6.45) is 1.83. The summed E-state index contributed by atoms with van der Waals surface area (Å²) >= 11 is 5.88. The van der Waals surface area contributed by atoms with Crippen molar-refractivity contribution >= 4 is 28.7 Å². The van der Waals surface area contributed by atoms with Gasteiger partial charge in [-0.15, -0.1) is 0 Å². The van der Waals surface area contributed by atoms with Gasteiger partial charge in [-0.25, -0.2) is 0 Å². The Labute approximate surface area is 238 Å². The van der Waals surface area contributed by atoms with Gasteiger partial charge in [-0.05, 0) is 100 Å². The first kappa shape index (κ1) is 27.1. The minimum atomic E-state index is -0.383. The third kappa shape index (κ3) is 4.98. The number of ether oxygens (including phenoxy) is 2. The molecule has 1 aliphatic rings. The molecule has 0 radical (unpaired) electrons. The smallest absolute Gasteiger partial charge is 0.296 e. The van der Waals surface area contributed by atoms with E-state index in [2.05, 4.69) is 21.3 Å². The minimum Gasteiger partial charge on any atom is -0.496 e. The number of nitro groups is 1. The Morgan fingerprint density at radius 3 is 2.40 bits per heavy atom. The van der Waals surface area contributed by atoms with E-state index in [1.165, 1.54) is 13.2 Å². The van der Waals surface area contributed by atoms with E-state index in [0.717, 1.165) is 34.1 Å². The molecule has 0 spiro atoms. The van der Waals surface area contributed by atoms with Gasteiger partial charge in [0, 0.05) is 23.3 Å². The van der Waals surface area contributed by atoms with E-state index in [1.54, 1.807) is 18.3 Å². The Hall–Kier alpha value is -4.44. The zero-order valence-electron chi connectivity index (χ0n) is 23.0. The average molecular weight is 558 g/mol.